The van der Waals surface area contributed by atoms with Crippen LogP contribution in [0.4, 0.5) is 0 Å². The van der Waals surface area contributed by atoms with Crippen molar-refractivity contribution in [2.24, 2.45) is 0 Å². The van der Waals surface area contributed by atoms with E-state index in [4.69, 9.17) is 9.15 Å². The molecule has 2 aliphatic rings. The summed E-state index contributed by atoms with van der Waals surface area (Å²) in [4.78, 5) is 24.1. The summed E-state index contributed by atoms with van der Waals surface area (Å²) >= 11 is 0. The lowest BCUT2D eigenvalue weighted by Crippen LogP contribution is -2.30. The summed E-state index contributed by atoms with van der Waals surface area (Å²) in [6.07, 6.45) is 6.89. The first-order valence-electron chi connectivity index (χ1n) is 8.50. The number of carbonyl (C=O) groups is 1. The normalized spacial score (nSPS) is 21.2. The van der Waals surface area contributed by atoms with Gasteiger partial charge in [-0.3, -0.25) is 4.79 Å². The average molecular weight is 312 g/mol. The van der Waals surface area contributed by atoms with E-state index in [2.05, 4.69) is 0 Å². The van der Waals surface area contributed by atoms with E-state index in [1.54, 1.807) is 6.07 Å². The van der Waals surface area contributed by atoms with E-state index >= 15 is 0 Å². The lowest BCUT2D eigenvalue weighted by atomic mass is 9.90. The van der Waals surface area contributed by atoms with E-state index in [1.165, 1.54) is 0 Å². The molecule has 2 aromatic rings. The predicted octanol–water partition coefficient (Wildman–Crippen LogP) is 3.56. The molecule has 4 nitrogen and oxygen atoms in total. The molecular weight excluding hydrogens is 292 g/mol. The van der Waals surface area contributed by atoms with Crippen LogP contribution >= 0.6 is 0 Å². The topological polar surface area (TPSA) is 56.5 Å². The molecule has 0 N–H and O–H groups in total. The van der Waals surface area contributed by atoms with Crippen molar-refractivity contribution >= 4 is 16.8 Å². The van der Waals surface area contributed by atoms with E-state index in [9.17, 15) is 9.59 Å². The Labute approximate surface area is 134 Å². The maximum atomic E-state index is 12.2. The third-order valence-electron chi connectivity index (χ3n) is 4.97. The summed E-state index contributed by atoms with van der Waals surface area (Å²) in [7, 11) is 0. The van der Waals surface area contributed by atoms with Crippen molar-refractivity contribution in [2.75, 3.05) is 0 Å². The van der Waals surface area contributed by atoms with Crippen LogP contribution in [0.5, 0.6) is 5.75 Å². The Bertz CT molecular complexity index is 818. The largest absolute Gasteiger partial charge is 0.483 e. The molecule has 1 heterocycles. The van der Waals surface area contributed by atoms with Gasteiger partial charge in [-0.25, -0.2) is 4.79 Å². The Morgan fingerprint density at radius 1 is 0.957 bits per heavy atom. The van der Waals surface area contributed by atoms with E-state index in [1.807, 2.05) is 12.1 Å². The van der Waals surface area contributed by atoms with E-state index in [-0.39, 0.29) is 17.5 Å². The Morgan fingerprint density at radius 3 is 2.57 bits per heavy atom. The van der Waals surface area contributed by atoms with Crippen molar-refractivity contribution in [1.82, 2.24) is 0 Å². The molecule has 1 aromatic carbocycles. The zero-order valence-electron chi connectivity index (χ0n) is 13.1. The SMILES string of the molecule is O=C1CCCC[C@H]1Oc1ccc2c3c(c(=O)oc2c1)CCCC3. The van der Waals surface area contributed by atoms with Crippen LogP contribution in [0.2, 0.25) is 0 Å². The van der Waals surface area contributed by atoms with Crippen LogP contribution in [0.25, 0.3) is 11.0 Å². The Hall–Kier alpha value is -2.10. The third kappa shape index (κ3) is 2.67. The number of hydrogen-bond acceptors (Lipinski definition) is 4. The highest BCUT2D eigenvalue weighted by Gasteiger charge is 2.24. The standard InChI is InChI=1S/C19H20O4/c20-16-7-3-4-8-17(16)22-12-9-10-14-13-5-1-2-6-15(13)19(21)23-18(14)11-12/h9-11,17H,1-8H2/t17-/m1/s1. The first kappa shape index (κ1) is 14.5. The van der Waals surface area contributed by atoms with Crippen molar-refractivity contribution < 1.29 is 13.9 Å². The average Bonchev–Trinajstić information content (AvgIpc) is 2.57. The van der Waals surface area contributed by atoms with Crippen molar-refractivity contribution in [3.8, 4) is 5.75 Å². The van der Waals surface area contributed by atoms with Crippen LogP contribution in [-0.4, -0.2) is 11.9 Å². The zero-order valence-corrected chi connectivity index (χ0v) is 13.1. The Balaban J connectivity index is 1.71. The maximum absolute atomic E-state index is 12.2. The number of carbonyl (C=O) groups excluding carboxylic acids is 1. The van der Waals surface area contributed by atoms with Crippen LogP contribution < -0.4 is 10.4 Å². The highest BCUT2D eigenvalue weighted by atomic mass is 16.5. The first-order chi connectivity index (χ1) is 11.2. The molecule has 0 spiro atoms. The molecule has 0 bridgehead atoms. The number of ether oxygens (including phenoxy) is 1. The fraction of sp³-hybridized carbons (Fsp3) is 0.474. The number of hydrogen-bond donors (Lipinski definition) is 0. The second-order valence-electron chi connectivity index (χ2n) is 6.53. The summed E-state index contributed by atoms with van der Waals surface area (Å²) in [6, 6.07) is 5.61. The first-order valence-corrected chi connectivity index (χ1v) is 8.50. The van der Waals surface area contributed by atoms with Gasteiger partial charge in [0.15, 0.2) is 11.9 Å². The number of rotatable bonds is 2. The molecule has 120 valence electrons. The van der Waals surface area contributed by atoms with Crippen LogP contribution in [-0.2, 0) is 17.6 Å². The maximum Gasteiger partial charge on any atom is 0.339 e. The minimum atomic E-state index is -0.356. The smallest absolute Gasteiger partial charge is 0.339 e. The lowest BCUT2D eigenvalue weighted by Gasteiger charge is -2.22. The van der Waals surface area contributed by atoms with Gasteiger partial charge in [-0.15, -0.1) is 0 Å². The van der Waals surface area contributed by atoms with Gasteiger partial charge in [0.25, 0.3) is 0 Å². The van der Waals surface area contributed by atoms with Gasteiger partial charge in [0.2, 0.25) is 0 Å². The number of benzene rings is 1. The zero-order chi connectivity index (χ0) is 15.8. The van der Waals surface area contributed by atoms with Gasteiger partial charge in [0.1, 0.15) is 11.3 Å². The van der Waals surface area contributed by atoms with Crippen molar-refractivity contribution in [2.45, 2.75) is 57.5 Å². The number of Topliss-reactive ketones (excluding diaryl/α,β-unsaturated/α-hetero) is 1. The second-order valence-corrected chi connectivity index (χ2v) is 6.53. The minimum Gasteiger partial charge on any atom is -0.483 e. The monoisotopic (exact) mass is 312 g/mol. The van der Waals surface area contributed by atoms with Gasteiger partial charge in [-0.05, 0) is 62.6 Å². The summed E-state index contributed by atoms with van der Waals surface area (Å²) in [5.74, 6) is 0.778. The molecule has 1 saturated carbocycles. The van der Waals surface area contributed by atoms with Crippen LogP contribution in [0, 0.1) is 0 Å². The molecular formula is C19H20O4. The molecule has 1 aromatic heterocycles. The number of ketones is 1. The van der Waals surface area contributed by atoms with E-state index in [0.29, 0.717) is 17.8 Å². The minimum absolute atomic E-state index is 0.170. The second kappa shape index (κ2) is 5.84. The highest BCUT2D eigenvalue weighted by Crippen LogP contribution is 2.30. The summed E-state index contributed by atoms with van der Waals surface area (Å²) < 4.78 is 11.3. The fourth-order valence-electron chi connectivity index (χ4n) is 3.74. The molecule has 4 heteroatoms. The van der Waals surface area contributed by atoms with Gasteiger partial charge in [-0.1, -0.05) is 0 Å². The van der Waals surface area contributed by atoms with E-state index in [0.717, 1.165) is 61.5 Å². The molecule has 4 rings (SSSR count). The number of fused-ring (bicyclic) bond motifs is 3. The van der Waals surface area contributed by atoms with Crippen molar-refractivity contribution in [3.05, 3.63) is 39.7 Å². The molecule has 0 aliphatic heterocycles. The molecule has 0 unspecified atom stereocenters. The lowest BCUT2D eigenvalue weighted by molar-refractivity contribution is -0.127. The number of aryl methyl sites for hydroxylation is 1. The van der Waals surface area contributed by atoms with Gasteiger partial charge in [-0.2, -0.15) is 0 Å². The molecule has 23 heavy (non-hydrogen) atoms. The van der Waals surface area contributed by atoms with Crippen LogP contribution in [0.15, 0.2) is 27.4 Å². The fourth-order valence-corrected chi connectivity index (χ4v) is 3.74. The summed E-state index contributed by atoms with van der Waals surface area (Å²) in [6.45, 7) is 0. The van der Waals surface area contributed by atoms with Crippen molar-refractivity contribution in [3.63, 3.8) is 0 Å². The predicted molar refractivity (Wildman–Crippen MR) is 87.0 cm³/mol. The molecule has 1 atom stereocenters. The van der Waals surface area contributed by atoms with Crippen LogP contribution in [0.3, 0.4) is 0 Å². The summed E-state index contributed by atoms with van der Waals surface area (Å²) in [5.41, 5.74) is 2.30. The van der Waals surface area contributed by atoms with Crippen LogP contribution in [0.1, 0.15) is 49.7 Å². The molecule has 2 aliphatic carbocycles. The Morgan fingerprint density at radius 2 is 1.74 bits per heavy atom. The Kier molecular flexibility index (Phi) is 3.68. The quantitative estimate of drug-likeness (QED) is 0.796. The van der Waals surface area contributed by atoms with Crippen molar-refractivity contribution in [1.29, 1.82) is 0 Å². The third-order valence-corrected chi connectivity index (χ3v) is 4.97. The molecule has 1 fully saturated rings. The van der Waals surface area contributed by atoms with Gasteiger partial charge in [0, 0.05) is 23.4 Å². The van der Waals surface area contributed by atoms with Gasteiger partial charge in [0.05, 0.1) is 0 Å². The molecule has 0 saturated heterocycles. The van der Waals surface area contributed by atoms with Gasteiger partial charge >= 0.3 is 5.63 Å². The van der Waals surface area contributed by atoms with Gasteiger partial charge < -0.3 is 9.15 Å². The molecule has 0 radical (unpaired) electrons. The highest BCUT2D eigenvalue weighted by molar-refractivity contribution is 5.85. The van der Waals surface area contributed by atoms with E-state index < -0.39 is 0 Å². The summed E-state index contributed by atoms with van der Waals surface area (Å²) in [5, 5.41) is 1.00. The molecule has 0 amide bonds.